The highest BCUT2D eigenvalue weighted by atomic mass is 16.7. The number of hydrogen-bond acceptors (Lipinski definition) is 6. The minimum Gasteiger partial charge on any atom is -0.353 e. The summed E-state index contributed by atoms with van der Waals surface area (Å²) >= 11 is 0. The molecule has 10 atom stereocenters. The lowest BCUT2D eigenvalue weighted by molar-refractivity contribution is -0.283. The third-order valence-corrected chi connectivity index (χ3v) is 12.0. The van der Waals surface area contributed by atoms with Crippen molar-refractivity contribution >= 4 is 11.6 Å². The van der Waals surface area contributed by atoms with Gasteiger partial charge in [-0.15, -0.1) is 0 Å². The van der Waals surface area contributed by atoms with Gasteiger partial charge in [-0.2, -0.15) is 0 Å². The first-order valence-electron chi connectivity index (χ1n) is 15.4. The molecule has 6 rings (SSSR count). The van der Waals surface area contributed by atoms with Crippen LogP contribution in [0.15, 0.2) is 0 Å². The summed E-state index contributed by atoms with van der Waals surface area (Å²) in [7, 11) is 0. The highest BCUT2D eigenvalue weighted by Gasteiger charge is 2.70. The Morgan fingerprint density at radius 1 is 0.919 bits per heavy atom. The molecule has 37 heavy (non-hydrogen) atoms. The zero-order valence-electron chi connectivity index (χ0n) is 23.3. The molecule has 0 aromatic heterocycles. The second kappa shape index (κ2) is 9.98. The second-order valence-corrected chi connectivity index (χ2v) is 13.7. The van der Waals surface area contributed by atoms with Gasteiger partial charge in [-0.25, -0.2) is 0 Å². The number of hydrogen-bond donors (Lipinski definition) is 0. The average Bonchev–Trinajstić information content (AvgIpc) is 3.18. The van der Waals surface area contributed by atoms with Crippen LogP contribution in [0.25, 0.3) is 0 Å². The lowest BCUT2D eigenvalue weighted by atomic mass is 9.43. The minimum absolute atomic E-state index is 0.0167. The second-order valence-electron chi connectivity index (χ2n) is 13.7. The number of ketones is 2. The standard InChI is InChI=1S/C31H48O6/c1-20(32)31(37-27-9-5-7-17-35-27)15-13-24-23-11-10-21-18-22(33)12-14-29(21,2)28(23)25(19-30(24,31)3)36-26-8-4-6-16-34-26/h21,23-28H,4-19H2,1-3H3/t21-,23+,24+,25-,26+,27+,28-,29+,30+,31+/m1/s1. The molecule has 6 nitrogen and oxygen atoms in total. The molecule has 6 aliphatic rings. The van der Waals surface area contributed by atoms with Gasteiger partial charge in [0.05, 0.1) is 6.10 Å². The van der Waals surface area contributed by atoms with Crippen molar-refractivity contribution < 1.29 is 28.5 Å². The van der Waals surface area contributed by atoms with Crippen LogP contribution in [0.5, 0.6) is 0 Å². The Morgan fingerprint density at radius 2 is 1.65 bits per heavy atom. The maximum absolute atomic E-state index is 13.6. The van der Waals surface area contributed by atoms with E-state index >= 15 is 0 Å². The Balaban J connectivity index is 1.36. The SMILES string of the molecule is CC(=O)[C@@]1(O[C@H]2CCCCO2)CC[C@H]2[C@@H]3CC[C@@H]4CC(=O)CC[C@]4(C)[C@H]3[C@H](O[C@H]3CCCCO3)C[C@@]21C. The Kier molecular flexibility index (Phi) is 7.12. The molecule has 4 aliphatic carbocycles. The number of ether oxygens (including phenoxy) is 4. The quantitative estimate of drug-likeness (QED) is 0.447. The predicted molar refractivity (Wildman–Crippen MR) is 139 cm³/mol. The third-order valence-electron chi connectivity index (χ3n) is 12.0. The molecule has 0 spiro atoms. The van der Waals surface area contributed by atoms with E-state index in [0.29, 0.717) is 42.5 Å². The van der Waals surface area contributed by atoms with Crippen molar-refractivity contribution in [2.75, 3.05) is 13.2 Å². The molecule has 4 saturated carbocycles. The van der Waals surface area contributed by atoms with E-state index in [-0.39, 0.29) is 35.3 Å². The number of rotatable bonds is 5. The first-order valence-corrected chi connectivity index (χ1v) is 15.4. The number of carbonyl (C=O) groups is 2. The van der Waals surface area contributed by atoms with Crippen molar-refractivity contribution in [3.8, 4) is 0 Å². The summed E-state index contributed by atoms with van der Waals surface area (Å²) in [6.45, 7) is 8.02. The van der Waals surface area contributed by atoms with E-state index in [1.54, 1.807) is 6.92 Å². The van der Waals surface area contributed by atoms with Crippen LogP contribution in [0.1, 0.15) is 111 Å². The van der Waals surface area contributed by atoms with Crippen molar-refractivity contribution in [3.63, 3.8) is 0 Å². The van der Waals surface area contributed by atoms with Crippen LogP contribution < -0.4 is 0 Å². The molecule has 2 heterocycles. The van der Waals surface area contributed by atoms with Crippen molar-refractivity contribution in [1.82, 2.24) is 0 Å². The largest absolute Gasteiger partial charge is 0.353 e. The van der Waals surface area contributed by atoms with E-state index in [1.165, 1.54) is 0 Å². The Labute approximate surface area is 222 Å². The molecule has 0 aromatic carbocycles. The Morgan fingerprint density at radius 3 is 2.32 bits per heavy atom. The van der Waals surface area contributed by atoms with E-state index in [4.69, 9.17) is 18.9 Å². The van der Waals surface area contributed by atoms with Crippen LogP contribution in [0, 0.1) is 34.5 Å². The van der Waals surface area contributed by atoms with Crippen LogP contribution in [0.3, 0.4) is 0 Å². The van der Waals surface area contributed by atoms with Gasteiger partial charge in [0.1, 0.15) is 11.4 Å². The molecule has 208 valence electrons. The highest BCUT2D eigenvalue weighted by molar-refractivity contribution is 5.86. The van der Waals surface area contributed by atoms with Gasteiger partial charge >= 0.3 is 0 Å². The lowest BCUT2D eigenvalue weighted by Crippen LogP contribution is -2.64. The zero-order valence-corrected chi connectivity index (χ0v) is 23.3. The van der Waals surface area contributed by atoms with Crippen LogP contribution >= 0.6 is 0 Å². The number of fused-ring (bicyclic) bond motifs is 5. The average molecular weight is 517 g/mol. The van der Waals surface area contributed by atoms with Gasteiger partial charge in [0.15, 0.2) is 18.4 Å². The molecule has 0 amide bonds. The minimum atomic E-state index is -0.819. The molecule has 2 saturated heterocycles. The topological polar surface area (TPSA) is 71.1 Å². The number of Topliss-reactive ketones (excluding diaryl/α,β-unsaturated/α-hetero) is 2. The summed E-state index contributed by atoms with van der Waals surface area (Å²) in [5.41, 5.74) is -1.01. The van der Waals surface area contributed by atoms with Crippen LogP contribution in [0.2, 0.25) is 0 Å². The van der Waals surface area contributed by atoms with Crippen molar-refractivity contribution in [3.05, 3.63) is 0 Å². The van der Waals surface area contributed by atoms with Crippen LogP contribution in [0.4, 0.5) is 0 Å². The van der Waals surface area contributed by atoms with Gasteiger partial charge in [0.2, 0.25) is 0 Å². The van der Waals surface area contributed by atoms with Gasteiger partial charge in [0, 0.05) is 31.5 Å². The lowest BCUT2D eigenvalue weighted by Gasteiger charge is -2.63. The molecular weight excluding hydrogens is 468 g/mol. The van der Waals surface area contributed by atoms with Gasteiger partial charge in [-0.1, -0.05) is 13.8 Å². The van der Waals surface area contributed by atoms with E-state index in [9.17, 15) is 9.59 Å². The van der Waals surface area contributed by atoms with Crippen molar-refractivity contribution in [2.24, 2.45) is 34.5 Å². The smallest absolute Gasteiger partial charge is 0.162 e. The summed E-state index contributed by atoms with van der Waals surface area (Å²) in [4.78, 5) is 26.1. The van der Waals surface area contributed by atoms with Crippen molar-refractivity contribution in [1.29, 1.82) is 0 Å². The van der Waals surface area contributed by atoms with E-state index in [2.05, 4.69) is 13.8 Å². The van der Waals surface area contributed by atoms with E-state index in [0.717, 1.165) is 90.1 Å². The molecule has 6 fully saturated rings. The first-order chi connectivity index (χ1) is 17.8. The Hall–Kier alpha value is -0.820. The van der Waals surface area contributed by atoms with Gasteiger partial charge in [0.25, 0.3) is 0 Å². The maximum atomic E-state index is 13.6. The zero-order chi connectivity index (χ0) is 25.8. The molecule has 0 radical (unpaired) electrons. The summed E-state index contributed by atoms with van der Waals surface area (Å²) in [6, 6.07) is 0. The van der Waals surface area contributed by atoms with E-state index < -0.39 is 5.60 Å². The summed E-state index contributed by atoms with van der Waals surface area (Å²) in [5, 5.41) is 0. The molecule has 0 aromatic rings. The van der Waals surface area contributed by atoms with Crippen molar-refractivity contribution in [2.45, 2.75) is 135 Å². The molecular formula is C31H48O6. The normalized spacial score (nSPS) is 50.1. The van der Waals surface area contributed by atoms with Gasteiger partial charge < -0.3 is 18.9 Å². The summed E-state index contributed by atoms with van der Waals surface area (Å²) in [6.07, 6.45) is 13.0. The fourth-order valence-electron chi connectivity index (χ4n) is 10.1. The predicted octanol–water partition coefficient (Wildman–Crippen LogP) is 5.99. The monoisotopic (exact) mass is 516 g/mol. The van der Waals surface area contributed by atoms with Gasteiger partial charge in [-0.05, 0) is 113 Å². The van der Waals surface area contributed by atoms with Crippen LogP contribution in [-0.4, -0.2) is 49.1 Å². The fraction of sp³-hybridized carbons (Fsp3) is 0.935. The van der Waals surface area contributed by atoms with Gasteiger partial charge in [-0.3, -0.25) is 9.59 Å². The highest BCUT2D eigenvalue weighted by Crippen LogP contribution is 2.69. The third kappa shape index (κ3) is 4.28. The molecule has 0 N–H and O–H groups in total. The molecule has 0 unspecified atom stereocenters. The maximum Gasteiger partial charge on any atom is 0.162 e. The van der Waals surface area contributed by atoms with E-state index in [1.807, 2.05) is 0 Å². The fourth-order valence-corrected chi connectivity index (χ4v) is 10.1. The number of carbonyl (C=O) groups excluding carboxylic acids is 2. The summed E-state index contributed by atoms with van der Waals surface area (Å²) < 4.78 is 26.0. The first kappa shape index (κ1) is 26.4. The molecule has 0 bridgehead atoms. The molecule has 2 aliphatic heterocycles. The molecule has 6 heteroatoms. The van der Waals surface area contributed by atoms with Crippen LogP contribution in [-0.2, 0) is 28.5 Å². The summed E-state index contributed by atoms with van der Waals surface area (Å²) in [5.74, 6) is 2.35. The Bertz CT molecular complexity index is 877.